The van der Waals surface area contributed by atoms with Gasteiger partial charge in [-0.1, -0.05) is 36.4 Å². The van der Waals surface area contributed by atoms with E-state index in [0.717, 1.165) is 22.5 Å². The Balaban J connectivity index is 2.18. The normalized spacial score (nSPS) is 12.6. The van der Waals surface area contributed by atoms with E-state index in [1.807, 2.05) is 0 Å². The Hall–Kier alpha value is -1.93. The predicted octanol–water partition coefficient (Wildman–Crippen LogP) is 3.81. The van der Waals surface area contributed by atoms with E-state index >= 15 is 0 Å². The van der Waals surface area contributed by atoms with E-state index in [4.69, 9.17) is 0 Å². The molecule has 0 saturated heterocycles. The van der Waals surface area contributed by atoms with Gasteiger partial charge in [0.2, 0.25) is 10.0 Å². The molecule has 0 N–H and O–H groups in total. The summed E-state index contributed by atoms with van der Waals surface area (Å²) in [5.74, 6) is -1.14. The highest BCUT2D eigenvalue weighted by molar-refractivity contribution is 7.88. The molecule has 0 spiro atoms. The standard InChI is InChI=1S/C16H15F4NO2S/c1-21(10-13-6-2-3-8-15(13)17)24(22,23)11-12-5-4-7-14(9-12)16(18,19)20/h2-9H,10-11H2,1H3. The van der Waals surface area contributed by atoms with Crippen molar-refractivity contribution in [3.05, 3.63) is 71.0 Å². The van der Waals surface area contributed by atoms with Crippen LogP contribution in [-0.2, 0) is 28.5 Å². The van der Waals surface area contributed by atoms with Crippen molar-refractivity contribution in [1.29, 1.82) is 0 Å². The van der Waals surface area contributed by atoms with Gasteiger partial charge < -0.3 is 0 Å². The first kappa shape index (κ1) is 18.4. The molecule has 0 bridgehead atoms. The molecule has 2 aromatic rings. The maximum Gasteiger partial charge on any atom is 0.416 e. The average molecular weight is 361 g/mol. The van der Waals surface area contributed by atoms with Crippen molar-refractivity contribution in [2.45, 2.75) is 18.5 Å². The van der Waals surface area contributed by atoms with Gasteiger partial charge in [-0.3, -0.25) is 0 Å². The van der Waals surface area contributed by atoms with E-state index < -0.39 is 33.3 Å². The van der Waals surface area contributed by atoms with Crippen LogP contribution in [0.1, 0.15) is 16.7 Å². The lowest BCUT2D eigenvalue weighted by molar-refractivity contribution is -0.137. The number of hydrogen-bond donors (Lipinski definition) is 0. The first-order chi connectivity index (χ1) is 11.1. The van der Waals surface area contributed by atoms with Gasteiger partial charge >= 0.3 is 6.18 Å². The highest BCUT2D eigenvalue weighted by Crippen LogP contribution is 2.30. The SMILES string of the molecule is CN(Cc1ccccc1F)S(=O)(=O)Cc1cccc(C(F)(F)F)c1. The van der Waals surface area contributed by atoms with Crippen molar-refractivity contribution in [3.63, 3.8) is 0 Å². The highest BCUT2D eigenvalue weighted by Gasteiger charge is 2.31. The van der Waals surface area contributed by atoms with E-state index in [1.54, 1.807) is 6.07 Å². The van der Waals surface area contributed by atoms with Crippen molar-refractivity contribution in [3.8, 4) is 0 Å². The lowest BCUT2D eigenvalue weighted by atomic mass is 10.1. The summed E-state index contributed by atoms with van der Waals surface area (Å²) in [4.78, 5) is 0. The van der Waals surface area contributed by atoms with Gasteiger partial charge in [0.05, 0.1) is 11.3 Å². The van der Waals surface area contributed by atoms with Crippen LogP contribution in [-0.4, -0.2) is 19.8 Å². The van der Waals surface area contributed by atoms with Crippen molar-refractivity contribution in [1.82, 2.24) is 4.31 Å². The third-order valence-electron chi connectivity index (χ3n) is 3.43. The second kappa shape index (κ2) is 6.90. The van der Waals surface area contributed by atoms with E-state index in [9.17, 15) is 26.0 Å². The lowest BCUT2D eigenvalue weighted by Crippen LogP contribution is -2.28. The number of sulfonamides is 1. The van der Waals surface area contributed by atoms with Crippen LogP contribution in [0.3, 0.4) is 0 Å². The molecule has 3 nitrogen and oxygen atoms in total. The monoisotopic (exact) mass is 361 g/mol. The minimum absolute atomic E-state index is 0.0187. The fourth-order valence-corrected chi connectivity index (χ4v) is 3.28. The number of alkyl halides is 3. The molecule has 0 aliphatic rings. The summed E-state index contributed by atoms with van der Waals surface area (Å²) in [6.45, 7) is -0.200. The summed E-state index contributed by atoms with van der Waals surface area (Å²) >= 11 is 0. The fourth-order valence-electron chi connectivity index (χ4n) is 2.12. The summed E-state index contributed by atoms with van der Waals surface area (Å²) in [7, 11) is -2.63. The molecule has 0 fully saturated rings. The summed E-state index contributed by atoms with van der Waals surface area (Å²) < 4.78 is 77.2. The van der Waals surface area contributed by atoms with Crippen LogP contribution in [0.15, 0.2) is 48.5 Å². The molecule has 0 radical (unpaired) electrons. The zero-order valence-electron chi connectivity index (χ0n) is 12.7. The number of nitrogens with zero attached hydrogens (tertiary/aromatic N) is 1. The molecule has 24 heavy (non-hydrogen) atoms. The number of rotatable bonds is 5. The van der Waals surface area contributed by atoms with Crippen LogP contribution < -0.4 is 0 Å². The molecule has 0 aliphatic heterocycles. The molecule has 2 rings (SSSR count). The minimum Gasteiger partial charge on any atom is -0.212 e. The smallest absolute Gasteiger partial charge is 0.212 e. The molecule has 130 valence electrons. The van der Waals surface area contributed by atoms with E-state index in [2.05, 4.69) is 0 Å². The van der Waals surface area contributed by atoms with Crippen LogP contribution in [0, 0.1) is 5.82 Å². The third-order valence-corrected chi connectivity index (χ3v) is 5.21. The first-order valence-corrected chi connectivity index (χ1v) is 8.54. The van der Waals surface area contributed by atoms with Gasteiger partial charge in [-0.25, -0.2) is 17.1 Å². The Bertz CT molecular complexity index is 819. The van der Waals surface area contributed by atoms with E-state index in [-0.39, 0.29) is 17.7 Å². The van der Waals surface area contributed by atoms with Gasteiger partial charge in [-0.05, 0) is 17.7 Å². The molecule has 0 aromatic heterocycles. The van der Waals surface area contributed by atoms with Crippen molar-refractivity contribution in [2.75, 3.05) is 7.05 Å². The zero-order valence-corrected chi connectivity index (χ0v) is 13.5. The van der Waals surface area contributed by atoms with Gasteiger partial charge in [0.15, 0.2) is 0 Å². The molecular formula is C16H15F4NO2S. The largest absolute Gasteiger partial charge is 0.416 e. The maximum atomic E-state index is 13.6. The number of hydrogen-bond acceptors (Lipinski definition) is 2. The van der Waals surface area contributed by atoms with Crippen LogP contribution in [0.2, 0.25) is 0 Å². The molecule has 0 aliphatic carbocycles. The van der Waals surface area contributed by atoms with Crippen LogP contribution in [0.4, 0.5) is 17.6 Å². The molecule has 0 saturated carbocycles. The number of halogens is 4. The Labute approximate surface area is 137 Å². The van der Waals surface area contributed by atoms with Crippen LogP contribution >= 0.6 is 0 Å². The second-order valence-corrected chi connectivity index (χ2v) is 7.38. The van der Waals surface area contributed by atoms with E-state index in [1.165, 1.54) is 31.3 Å². The summed E-state index contributed by atoms with van der Waals surface area (Å²) in [5, 5.41) is 0. The molecule has 2 aromatic carbocycles. The summed E-state index contributed by atoms with van der Waals surface area (Å²) in [6.07, 6.45) is -4.54. The minimum atomic E-state index is -4.54. The second-order valence-electron chi connectivity index (χ2n) is 5.30. The summed E-state index contributed by atoms with van der Waals surface area (Å²) in [5.41, 5.74) is -0.704. The molecule has 0 amide bonds. The third kappa shape index (κ3) is 4.55. The molecule has 0 unspecified atom stereocenters. The van der Waals surface area contributed by atoms with Crippen LogP contribution in [0.25, 0.3) is 0 Å². The molecule has 0 heterocycles. The first-order valence-electron chi connectivity index (χ1n) is 6.93. The van der Waals surface area contributed by atoms with Crippen molar-refractivity contribution in [2.24, 2.45) is 0 Å². The molecular weight excluding hydrogens is 346 g/mol. The Morgan fingerprint density at radius 2 is 1.71 bits per heavy atom. The Morgan fingerprint density at radius 3 is 2.33 bits per heavy atom. The topological polar surface area (TPSA) is 37.4 Å². The lowest BCUT2D eigenvalue weighted by Gasteiger charge is -2.18. The van der Waals surface area contributed by atoms with Crippen molar-refractivity contribution >= 4 is 10.0 Å². The zero-order chi connectivity index (χ0) is 18.0. The Kier molecular flexibility index (Phi) is 5.29. The van der Waals surface area contributed by atoms with E-state index in [0.29, 0.717) is 0 Å². The van der Waals surface area contributed by atoms with Gasteiger partial charge in [-0.2, -0.15) is 13.2 Å². The van der Waals surface area contributed by atoms with Gasteiger partial charge in [0, 0.05) is 19.2 Å². The average Bonchev–Trinajstić information content (AvgIpc) is 2.48. The van der Waals surface area contributed by atoms with Crippen molar-refractivity contribution < 1.29 is 26.0 Å². The molecule has 8 heteroatoms. The summed E-state index contributed by atoms with van der Waals surface area (Å²) in [6, 6.07) is 9.86. The Morgan fingerprint density at radius 1 is 1.04 bits per heavy atom. The fraction of sp³-hybridized carbons (Fsp3) is 0.250. The van der Waals surface area contributed by atoms with Crippen LogP contribution in [0.5, 0.6) is 0 Å². The van der Waals surface area contributed by atoms with Gasteiger partial charge in [-0.15, -0.1) is 0 Å². The molecule has 0 atom stereocenters. The van der Waals surface area contributed by atoms with Gasteiger partial charge in [0.25, 0.3) is 0 Å². The van der Waals surface area contributed by atoms with Gasteiger partial charge in [0.1, 0.15) is 5.82 Å². The highest BCUT2D eigenvalue weighted by atomic mass is 32.2. The quantitative estimate of drug-likeness (QED) is 0.760. The predicted molar refractivity (Wildman–Crippen MR) is 81.9 cm³/mol. The number of benzene rings is 2. The maximum absolute atomic E-state index is 13.6.